The summed E-state index contributed by atoms with van der Waals surface area (Å²) < 4.78 is 42.1. The molecule has 0 spiro atoms. The van der Waals surface area contributed by atoms with Crippen LogP contribution < -0.4 is 4.74 Å². The number of hydrogen-bond acceptors (Lipinski definition) is 2. The Bertz CT molecular complexity index is 901. The molecule has 2 aromatic carbocycles. The monoisotopic (exact) mass is 413 g/mol. The summed E-state index contributed by atoms with van der Waals surface area (Å²) in [6.07, 6.45) is -2.87. The molecule has 3 nitrogen and oxygen atoms in total. The Morgan fingerprint density at radius 3 is 2.40 bits per heavy atom. The van der Waals surface area contributed by atoms with Crippen LogP contribution in [0, 0.1) is 6.92 Å². The minimum Gasteiger partial charge on any atom is -0.494 e. The zero-order valence-electron chi connectivity index (χ0n) is 13.3. The van der Waals surface area contributed by atoms with Crippen molar-refractivity contribution >= 4 is 26.7 Å². The number of rotatable bonds is 4. The molecule has 0 radical (unpaired) electrons. The lowest BCUT2D eigenvalue weighted by atomic mass is 10.1. The minimum atomic E-state index is -4.71. The molecule has 3 aromatic rings. The highest BCUT2D eigenvalue weighted by molar-refractivity contribution is 9.08. The summed E-state index contributed by atoms with van der Waals surface area (Å²) in [6.45, 7) is 2.28. The van der Waals surface area contributed by atoms with Gasteiger partial charge in [0.15, 0.2) is 5.88 Å². The zero-order chi connectivity index (χ0) is 18.2. The molecule has 0 saturated heterocycles. The van der Waals surface area contributed by atoms with Gasteiger partial charge in [0.1, 0.15) is 5.75 Å². The maximum absolute atomic E-state index is 12.2. The number of benzene rings is 2. The quantitative estimate of drug-likeness (QED) is 0.573. The smallest absolute Gasteiger partial charge is 0.494 e. The first-order chi connectivity index (χ1) is 11.8. The predicted octanol–water partition coefficient (Wildman–Crippen LogP) is 5.50. The van der Waals surface area contributed by atoms with Gasteiger partial charge in [-0.3, -0.25) is 0 Å². The second kappa shape index (κ2) is 6.63. The third kappa shape index (κ3) is 3.92. The minimum absolute atomic E-state index is 0.143. The molecule has 1 aromatic heterocycles. The van der Waals surface area contributed by atoms with Gasteiger partial charge in [0.2, 0.25) is 0 Å². The molecular formula is C18H15BrF3NO2. The maximum atomic E-state index is 12.2. The van der Waals surface area contributed by atoms with Crippen LogP contribution in [0.2, 0.25) is 0 Å². The van der Waals surface area contributed by atoms with Crippen LogP contribution in [0.15, 0.2) is 42.6 Å². The van der Waals surface area contributed by atoms with Crippen molar-refractivity contribution in [2.75, 3.05) is 0 Å². The molecule has 25 heavy (non-hydrogen) atoms. The molecule has 0 bridgehead atoms. The predicted molar refractivity (Wildman–Crippen MR) is 93.2 cm³/mol. The lowest BCUT2D eigenvalue weighted by Crippen LogP contribution is -2.17. The zero-order valence-corrected chi connectivity index (χ0v) is 14.9. The van der Waals surface area contributed by atoms with Gasteiger partial charge in [0.05, 0.1) is 6.54 Å². The van der Waals surface area contributed by atoms with Crippen molar-refractivity contribution in [3.8, 4) is 11.6 Å². The van der Waals surface area contributed by atoms with Gasteiger partial charge in [-0.25, -0.2) is 0 Å². The SMILES string of the molecule is Cc1cc(CBr)cc2cn(Cc3ccc(OC(F)(F)F)cc3)c(O)c12. The number of aromatic nitrogens is 1. The van der Waals surface area contributed by atoms with Gasteiger partial charge in [-0.1, -0.05) is 34.1 Å². The topological polar surface area (TPSA) is 34.4 Å². The molecule has 0 saturated carbocycles. The maximum Gasteiger partial charge on any atom is 0.573 e. The first-order valence-corrected chi connectivity index (χ1v) is 8.61. The van der Waals surface area contributed by atoms with Crippen LogP contribution in [0.1, 0.15) is 16.7 Å². The number of ether oxygens (including phenoxy) is 1. The van der Waals surface area contributed by atoms with Crippen LogP contribution in [0.5, 0.6) is 11.6 Å². The van der Waals surface area contributed by atoms with Crippen molar-refractivity contribution in [3.05, 3.63) is 59.3 Å². The molecule has 0 aliphatic rings. The highest BCUT2D eigenvalue weighted by atomic mass is 79.9. The van der Waals surface area contributed by atoms with E-state index in [4.69, 9.17) is 0 Å². The summed E-state index contributed by atoms with van der Waals surface area (Å²) >= 11 is 3.42. The molecule has 3 rings (SSSR count). The van der Waals surface area contributed by atoms with Gasteiger partial charge in [-0.2, -0.15) is 0 Å². The Morgan fingerprint density at radius 1 is 1.12 bits per heavy atom. The van der Waals surface area contributed by atoms with Crippen LogP contribution in [0.25, 0.3) is 10.8 Å². The number of alkyl halides is 4. The van der Waals surface area contributed by atoms with E-state index in [2.05, 4.69) is 20.7 Å². The van der Waals surface area contributed by atoms with E-state index in [1.54, 1.807) is 16.7 Å². The number of aromatic hydroxyl groups is 1. The molecule has 0 fully saturated rings. The van der Waals surface area contributed by atoms with Crippen molar-refractivity contribution in [2.45, 2.75) is 25.2 Å². The van der Waals surface area contributed by atoms with Crippen LogP contribution in [-0.4, -0.2) is 16.0 Å². The third-order valence-electron chi connectivity index (χ3n) is 3.88. The van der Waals surface area contributed by atoms with Crippen LogP contribution in [0.3, 0.4) is 0 Å². The van der Waals surface area contributed by atoms with Gasteiger partial charge in [-0.15, -0.1) is 13.2 Å². The molecule has 0 amide bonds. The normalized spacial score (nSPS) is 11.9. The van der Waals surface area contributed by atoms with Gasteiger partial charge in [-0.05, 0) is 41.8 Å². The second-order valence-electron chi connectivity index (χ2n) is 5.78. The van der Waals surface area contributed by atoms with Gasteiger partial charge >= 0.3 is 6.36 Å². The molecule has 0 aliphatic carbocycles. The van der Waals surface area contributed by atoms with E-state index in [-0.39, 0.29) is 11.6 Å². The molecule has 1 heterocycles. The Hall–Kier alpha value is -2.15. The second-order valence-corrected chi connectivity index (χ2v) is 6.34. The fraction of sp³-hybridized carbons (Fsp3) is 0.222. The Balaban J connectivity index is 1.88. The molecule has 132 valence electrons. The molecule has 0 atom stereocenters. The fourth-order valence-corrected chi connectivity index (χ4v) is 3.19. The first-order valence-electron chi connectivity index (χ1n) is 7.49. The third-order valence-corrected chi connectivity index (χ3v) is 4.53. The summed E-state index contributed by atoms with van der Waals surface area (Å²) in [7, 11) is 0. The lowest BCUT2D eigenvalue weighted by molar-refractivity contribution is -0.274. The van der Waals surface area contributed by atoms with E-state index in [9.17, 15) is 18.3 Å². The van der Waals surface area contributed by atoms with E-state index >= 15 is 0 Å². The summed E-state index contributed by atoms with van der Waals surface area (Å²) in [5.41, 5.74) is 2.83. The first kappa shape index (κ1) is 17.7. The van der Waals surface area contributed by atoms with Crippen LogP contribution in [0.4, 0.5) is 13.2 Å². The van der Waals surface area contributed by atoms with Crippen molar-refractivity contribution in [3.63, 3.8) is 0 Å². The van der Waals surface area contributed by atoms with Gasteiger partial charge < -0.3 is 14.4 Å². The highest BCUT2D eigenvalue weighted by Gasteiger charge is 2.30. The average Bonchev–Trinajstić information content (AvgIpc) is 2.84. The molecular weight excluding hydrogens is 399 g/mol. The highest BCUT2D eigenvalue weighted by Crippen LogP contribution is 2.32. The Morgan fingerprint density at radius 2 is 1.80 bits per heavy atom. The summed E-state index contributed by atoms with van der Waals surface area (Å²) in [6, 6.07) is 9.61. The van der Waals surface area contributed by atoms with E-state index in [0.29, 0.717) is 6.54 Å². The van der Waals surface area contributed by atoms with Crippen molar-refractivity contribution < 1.29 is 23.0 Å². The molecule has 1 N–H and O–H groups in total. The van der Waals surface area contributed by atoms with Gasteiger partial charge in [0.25, 0.3) is 0 Å². The van der Waals surface area contributed by atoms with Crippen molar-refractivity contribution in [1.29, 1.82) is 0 Å². The van der Waals surface area contributed by atoms with Crippen molar-refractivity contribution in [2.24, 2.45) is 0 Å². The van der Waals surface area contributed by atoms with E-state index in [1.807, 2.05) is 25.3 Å². The summed E-state index contributed by atoms with van der Waals surface area (Å²) in [4.78, 5) is 0. The number of fused-ring (bicyclic) bond motifs is 1. The number of hydrogen-bond donors (Lipinski definition) is 1. The van der Waals surface area contributed by atoms with E-state index in [0.717, 1.165) is 32.8 Å². The van der Waals surface area contributed by atoms with Crippen LogP contribution in [-0.2, 0) is 11.9 Å². The molecule has 0 unspecified atom stereocenters. The standard InChI is InChI=1S/C18H15BrF3NO2/c1-11-6-13(8-19)7-14-10-23(17(24)16(11)14)9-12-2-4-15(5-3-12)25-18(20,21)22/h2-7,10,24H,8-9H2,1H3. The largest absolute Gasteiger partial charge is 0.573 e. The van der Waals surface area contributed by atoms with E-state index < -0.39 is 6.36 Å². The Labute approximate surface area is 150 Å². The average molecular weight is 414 g/mol. The van der Waals surface area contributed by atoms with E-state index in [1.165, 1.54) is 12.1 Å². The Kier molecular flexibility index (Phi) is 4.69. The molecule has 7 heteroatoms. The number of halogens is 4. The summed E-state index contributed by atoms with van der Waals surface area (Å²) in [5, 5.41) is 12.9. The summed E-state index contributed by atoms with van der Waals surface area (Å²) in [5.74, 6) is -0.125. The van der Waals surface area contributed by atoms with Gasteiger partial charge in [0, 0.05) is 22.3 Å². The molecule has 0 aliphatic heterocycles. The van der Waals surface area contributed by atoms with Crippen LogP contribution >= 0.6 is 15.9 Å². The fourth-order valence-electron chi connectivity index (χ4n) is 2.86. The van der Waals surface area contributed by atoms with Crippen molar-refractivity contribution in [1.82, 2.24) is 4.57 Å². The number of nitrogens with zero attached hydrogens (tertiary/aromatic N) is 1. The lowest BCUT2D eigenvalue weighted by Gasteiger charge is -2.10. The number of aryl methyl sites for hydroxylation is 1.